The molecule has 260 valence electrons. The fourth-order valence-electron chi connectivity index (χ4n) is 8.42. The van der Waals surface area contributed by atoms with E-state index in [1.807, 2.05) is 42.6 Å². The molecule has 4 heterocycles. The van der Waals surface area contributed by atoms with Crippen LogP contribution in [-0.2, 0) is 0 Å². The van der Waals surface area contributed by atoms with Crippen LogP contribution in [0.1, 0.15) is 0 Å². The van der Waals surface area contributed by atoms with E-state index >= 15 is 0 Å². The van der Waals surface area contributed by atoms with Gasteiger partial charge in [-0.25, -0.2) is 4.98 Å². The zero-order chi connectivity index (χ0) is 36.7. The Bertz CT molecular complexity index is 3550. The minimum absolute atomic E-state index is 0.536. The van der Waals surface area contributed by atoms with Crippen LogP contribution in [0.2, 0.25) is 0 Å². The number of nitrogens with zero attached hydrogens (tertiary/aromatic N) is 5. The number of hydrogen-bond donors (Lipinski definition) is 0. The number of aromatic nitrogens is 5. The van der Waals surface area contributed by atoms with Gasteiger partial charge in [0, 0.05) is 49.8 Å². The number of hydrogen-bond acceptors (Lipinski definition) is 5. The third-order valence-corrected chi connectivity index (χ3v) is 11.0. The normalized spacial score (nSPS) is 11.9. The van der Waals surface area contributed by atoms with E-state index in [0.29, 0.717) is 17.6 Å². The largest absolute Gasteiger partial charge is 0.456 e. The standard InChI is InChI=1S/C50H29N5O/c1-2-11-32(12-3-1)48-52-49(36-20-19-31-15-9-25-51-42(31)27-36)54-50(53-48)55-43-28-34-14-5-4-13-33(34)26-41(43)39-18-8-17-38(47(39)55)35-21-23-40-45(29-35)56-44-24-22-30-10-6-7-16-37(30)46(40)44/h1-29H. The van der Waals surface area contributed by atoms with Crippen LogP contribution in [0.25, 0.3) is 116 Å². The summed E-state index contributed by atoms with van der Waals surface area (Å²) in [4.78, 5) is 20.3. The van der Waals surface area contributed by atoms with Crippen molar-refractivity contribution in [2.45, 2.75) is 0 Å². The van der Waals surface area contributed by atoms with Gasteiger partial charge in [-0.2, -0.15) is 9.97 Å². The Morgan fingerprint density at radius 2 is 1.16 bits per heavy atom. The lowest BCUT2D eigenvalue weighted by Gasteiger charge is -2.13. The average Bonchev–Trinajstić information content (AvgIpc) is 3.81. The molecule has 0 aliphatic rings. The summed E-state index contributed by atoms with van der Waals surface area (Å²) in [6.07, 6.45) is 1.81. The number of rotatable bonds is 4. The fourth-order valence-corrected chi connectivity index (χ4v) is 8.42. The summed E-state index contributed by atoms with van der Waals surface area (Å²) < 4.78 is 8.80. The molecule has 0 atom stereocenters. The monoisotopic (exact) mass is 715 g/mol. The molecule has 0 radical (unpaired) electrons. The van der Waals surface area contributed by atoms with Gasteiger partial charge in [0.1, 0.15) is 11.2 Å². The molecule has 0 spiro atoms. The van der Waals surface area contributed by atoms with E-state index in [1.54, 1.807) is 0 Å². The molecule has 12 rings (SSSR count). The van der Waals surface area contributed by atoms with Crippen molar-refractivity contribution >= 4 is 76.2 Å². The van der Waals surface area contributed by atoms with Crippen molar-refractivity contribution in [3.05, 3.63) is 176 Å². The molecule has 0 bridgehead atoms. The summed E-state index contributed by atoms with van der Waals surface area (Å²) in [5.41, 5.74) is 8.49. The molecule has 0 aliphatic heterocycles. The van der Waals surface area contributed by atoms with E-state index in [1.165, 1.54) is 16.2 Å². The molecule has 6 nitrogen and oxygen atoms in total. The van der Waals surface area contributed by atoms with Gasteiger partial charge in [-0.3, -0.25) is 9.55 Å². The van der Waals surface area contributed by atoms with Crippen LogP contribution >= 0.6 is 0 Å². The lowest BCUT2D eigenvalue weighted by atomic mass is 9.99. The van der Waals surface area contributed by atoms with Crippen LogP contribution in [0.3, 0.4) is 0 Å². The molecule has 4 aromatic heterocycles. The minimum atomic E-state index is 0.536. The Morgan fingerprint density at radius 1 is 0.429 bits per heavy atom. The number of para-hydroxylation sites is 1. The van der Waals surface area contributed by atoms with Crippen molar-refractivity contribution in [1.29, 1.82) is 0 Å². The first-order valence-electron chi connectivity index (χ1n) is 18.7. The summed E-state index contributed by atoms with van der Waals surface area (Å²) in [6, 6.07) is 59.2. The first-order chi connectivity index (χ1) is 27.7. The zero-order valence-electron chi connectivity index (χ0n) is 29.9. The van der Waals surface area contributed by atoms with Crippen LogP contribution in [0.4, 0.5) is 0 Å². The average molecular weight is 716 g/mol. The van der Waals surface area contributed by atoms with Crippen molar-refractivity contribution in [2.24, 2.45) is 0 Å². The summed E-state index contributed by atoms with van der Waals surface area (Å²) >= 11 is 0. The van der Waals surface area contributed by atoms with Crippen molar-refractivity contribution < 1.29 is 4.42 Å². The fraction of sp³-hybridized carbons (Fsp3) is 0. The Balaban J connectivity index is 1.16. The quantitative estimate of drug-likeness (QED) is 0.181. The third kappa shape index (κ3) is 4.69. The van der Waals surface area contributed by atoms with E-state index in [4.69, 9.17) is 19.4 Å². The third-order valence-electron chi connectivity index (χ3n) is 11.0. The van der Waals surface area contributed by atoms with Crippen LogP contribution < -0.4 is 0 Å². The van der Waals surface area contributed by atoms with Gasteiger partial charge >= 0.3 is 0 Å². The van der Waals surface area contributed by atoms with Gasteiger partial charge in [-0.05, 0) is 69.6 Å². The van der Waals surface area contributed by atoms with Crippen LogP contribution in [0, 0.1) is 0 Å². The zero-order valence-corrected chi connectivity index (χ0v) is 29.9. The first kappa shape index (κ1) is 30.7. The Hall–Kier alpha value is -7.70. The van der Waals surface area contributed by atoms with Gasteiger partial charge in [-0.1, -0.05) is 127 Å². The summed E-state index contributed by atoms with van der Waals surface area (Å²) in [5, 5.41) is 10.2. The number of furan rings is 1. The number of pyridine rings is 1. The number of fused-ring (bicyclic) bond motifs is 10. The van der Waals surface area contributed by atoms with Crippen LogP contribution in [0.5, 0.6) is 0 Å². The number of benzene rings is 8. The molecule has 0 amide bonds. The smallest absolute Gasteiger partial charge is 0.238 e. The van der Waals surface area contributed by atoms with Gasteiger partial charge in [0.05, 0.1) is 16.6 Å². The maximum absolute atomic E-state index is 6.58. The Labute approximate surface area is 320 Å². The Kier molecular flexibility index (Phi) is 6.53. The topological polar surface area (TPSA) is 69.6 Å². The second-order valence-electron chi connectivity index (χ2n) is 14.3. The summed E-state index contributed by atoms with van der Waals surface area (Å²) in [7, 11) is 0. The molecule has 0 unspecified atom stereocenters. The molecule has 0 aliphatic carbocycles. The van der Waals surface area contributed by atoms with Gasteiger partial charge in [0.2, 0.25) is 5.95 Å². The molecule has 56 heavy (non-hydrogen) atoms. The predicted octanol–water partition coefficient (Wildman–Crippen LogP) is 12.7. The second kappa shape index (κ2) is 11.9. The van der Waals surface area contributed by atoms with Crippen LogP contribution in [0.15, 0.2) is 180 Å². The molecule has 0 N–H and O–H groups in total. The lowest BCUT2D eigenvalue weighted by molar-refractivity contribution is 0.669. The molecular formula is C50H29N5O. The van der Waals surface area contributed by atoms with E-state index in [0.717, 1.165) is 82.3 Å². The highest BCUT2D eigenvalue weighted by atomic mass is 16.3. The predicted molar refractivity (Wildman–Crippen MR) is 228 cm³/mol. The van der Waals surface area contributed by atoms with Gasteiger partial charge in [0.25, 0.3) is 0 Å². The maximum atomic E-state index is 6.58. The Morgan fingerprint density at radius 3 is 2.05 bits per heavy atom. The molecule has 8 aromatic carbocycles. The molecule has 0 fully saturated rings. The van der Waals surface area contributed by atoms with Crippen molar-refractivity contribution in [2.75, 3.05) is 0 Å². The molecular weight excluding hydrogens is 687 g/mol. The summed E-state index contributed by atoms with van der Waals surface area (Å²) in [6.45, 7) is 0. The van der Waals surface area contributed by atoms with Crippen LogP contribution in [-0.4, -0.2) is 24.5 Å². The van der Waals surface area contributed by atoms with E-state index in [2.05, 4.69) is 143 Å². The maximum Gasteiger partial charge on any atom is 0.238 e. The molecule has 12 aromatic rings. The molecule has 0 saturated carbocycles. The highest BCUT2D eigenvalue weighted by Gasteiger charge is 2.22. The highest BCUT2D eigenvalue weighted by molar-refractivity contribution is 6.20. The van der Waals surface area contributed by atoms with Gasteiger partial charge in [-0.15, -0.1) is 0 Å². The van der Waals surface area contributed by atoms with Gasteiger partial charge in [0.15, 0.2) is 11.6 Å². The minimum Gasteiger partial charge on any atom is -0.456 e. The van der Waals surface area contributed by atoms with E-state index in [9.17, 15) is 0 Å². The SMILES string of the molecule is c1ccc(-c2nc(-c3ccc4cccnc4c3)nc(-n3c4cc5ccccc5cc4c4cccc(-c5ccc6c(c5)oc5ccc7ccccc7c56)c43)n2)cc1. The van der Waals surface area contributed by atoms with E-state index < -0.39 is 0 Å². The molecule has 6 heteroatoms. The van der Waals surface area contributed by atoms with Crippen molar-refractivity contribution in [3.8, 4) is 39.9 Å². The van der Waals surface area contributed by atoms with Gasteiger partial charge < -0.3 is 4.42 Å². The van der Waals surface area contributed by atoms with Crippen molar-refractivity contribution in [1.82, 2.24) is 24.5 Å². The van der Waals surface area contributed by atoms with E-state index in [-0.39, 0.29) is 0 Å². The first-order valence-corrected chi connectivity index (χ1v) is 18.7. The summed E-state index contributed by atoms with van der Waals surface area (Å²) in [5.74, 6) is 1.70. The second-order valence-corrected chi connectivity index (χ2v) is 14.3. The highest BCUT2D eigenvalue weighted by Crippen LogP contribution is 2.42. The van der Waals surface area contributed by atoms with Crippen molar-refractivity contribution in [3.63, 3.8) is 0 Å². The lowest BCUT2D eigenvalue weighted by Crippen LogP contribution is -2.07. The molecule has 0 saturated heterocycles.